The summed E-state index contributed by atoms with van der Waals surface area (Å²) in [6.07, 6.45) is 4.14. The molecular formula is C27H33NSi. The van der Waals surface area contributed by atoms with Gasteiger partial charge in [-0.3, -0.25) is 0 Å². The first kappa shape index (κ1) is 20.1. The van der Waals surface area contributed by atoms with Crippen LogP contribution in [0.4, 0.5) is 0 Å². The Morgan fingerprint density at radius 2 is 1.07 bits per heavy atom. The van der Waals surface area contributed by atoms with Gasteiger partial charge in [-0.05, 0) is 53.5 Å². The quantitative estimate of drug-likeness (QED) is 0.423. The first-order valence-electron chi connectivity index (χ1n) is 11.2. The van der Waals surface area contributed by atoms with E-state index in [-0.39, 0.29) is 0 Å². The average Bonchev–Trinajstić information content (AvgIpc) is 2.80. The third-order valence-corrected chi connectivity index (χ3v) is 11.7. The fraction of sp³-hybridized carbons (Fsp3) is 0.333. The zero-order valence-electron chi connectivity index (χ0n) is 17.6. The third kappa shape index (κ3) is 4.54. The molecule has 1 heterocycles. The highest BCUT2D eigenvalue weighted by Crippen LogP contribution is 2.21. The molecular weight excluding hydrogens is 366 g/mol. The van der Waals surface area contributed by atoms with Gasteiger partial charge in [-0.1, -0.05) is 104 Å². The minimum atomic E-state index is -2.10. The monoisotopic (exact) mass is 399 g/mol. The second-order valence-corrected chi connectivity index (χ2v) is 12.6. The Hall–Kier alpha value is -2.16. The topological polar surface area (TPSA) is 3.24 Å². The summed E-state index contributed by atoms with van der Waals surface area (Å²) in [6, 6.07) is 35.3. The number of hydrogen-bond acceptors (Lipinski definition) is 1. The fourth-order valence-corrected chi connectivity index (χ4v) is 10.4. The second-order valence-electron chi connectivity index (χ2n) is 8.67. The van der Waals surface area contributed by atoms with Crippen LogP contribution in [0.2, 0.25) is 6.04 Å². The van der Waals surface area contributed by atoms with Gasteiger partial charge in [-0.25, -0.2) is 0 Å². The van der Waals surface area contributed by atoms with E-state index in [1.54, 1.807) is 0 Å². The highest BCUT2D eigenvalue weighted by molar-refractivity contribution is 7.11. The third-order valence-electron chi connectivity index (χ3n) is 6.47. The number of nitrogens with zero attached hydrogens (tertiary/aromatic N) is 1. The lowest BCUT2D eigenvalue weighted by molar-refractivity contribution is 0.206. The molecule has 150 valence electrons. The van der Waals surface area contributed by atoms with Gasteiger partial charge in [0.1, 0.15) is 8.07 Å². The van der Waals surface area contributed by atoms with Gasteiger partial charge in [-0.15, -0.1) is 0 Å². The van der Waals surface area contributed by atoms with Gasteiger partial charge in [-0.2, -0.15) is 0 Å². The highest BCUT2D eigenvalue weighted by atomic mass is 28.3. The summed E-state index contributed by atoms with van der Waals surface area (Å²) in [5.41, 5.74) is 0. The van der Waals surface area contributed by atoms with Crippen molar-refractivity contribution < 1.29 is 0 Å². The van der Waals surface area contributed by atoms with E-state index in [1.165, 1.54) is 60.5 Å². The minimum Gasteiger partial charge on any atom is -0.303 e. The molecule has 0 saturated carbocycles. The van der Waals surface area contributed by atoms with Gasteiger partial charge in [0.25, 0.3) is 0 Å². The Morgan fingerprint density at radius 3 is 1.48 bits per heavy atom. The number of piperidine rings is 1. The van der Waals surface area contributed by atoms with Crippen LogP contribution in [0.15, 0.2) is 91.0 Å². The van der Waals surface area contributed by atoms with Crippen LogP contribution in [0.3, 0.4) is 0 Å². The van der Waals surface area contributed by atoms with E-state index >= 15 is 0 Å². The summed E-state index contributed by atoms with van der Waals surface area (Å²) in [5, 5.41) is 4.59. The molecule has 0 radical (unpaired) electrons. The Balaban J connectivity index is 1.77. The fourth-order valence-electron chi connectivity index (χ4n) is 5.19. The Labute approximate surface area is 177 Å². The van der Waals surface area contributed by atoms with Crippen LogP contribution < -0.4 is 15.6 Å². The smallest absolute Gasteiger partial charge is 0.148 e. The molecule has 1 aliphatic rings. The summed E-state index contributed by atoms with van der Waals surface area (Å²) in [6.45, 7) is 6.26. The predicted molar refractivity (Wildman–Crippen MR) is 128 cm³/mol. The highest BCUT2D eigenvalue weighted by Gasteiger charge is 2.40. The van der Waals surface area contributed by atoms with Crippen molar-refractivity contribution >= 4 is 23.6 Å². The van der Waals surface area contributed by atoms with Crippen LogP contribution in [-0.4, -0.2) is 32.6 Å². The molecule has 1 fully saturated rings. The van der Waals surface area contributed by atoms with Crippen LogP contribution >= 0.6 is 0 Å². The van der Waals surface area contributed by atoms with Gasteiger partial charge in [0, 0.05) is 6.54 Å². The molecule has 0 aromatic heterocycles. The van der Waals surface area contributed by atoms with Gasteiger partial charge in [0.15, 0.2) is 0 Å². The summed E-state index contributed by atoms with van der Waals surface area (Å²) in [4.78, 5) is 2.70. The van der Waals surface area contributed by atoms with Crippen molar-refractivity contribution in [3.05, 3.63) is 91.0 Å². The normalized spacial score (nSPS) is 16.4. The Morgan fingerprint density at radius 1 is 0.655 bits per heavy atom. The number of hydrogen-bond donors (Lipinski definition) is 0. The molecule has 1 aliphatic heterocycles. The zero-order chi connectivity index (χ0) is 19.9. The standard InChI is InChI=1S/C27H33NSi/c1-24(22-28-20-12-5-13-21-28)23-29(25-14-6-2-7-15-25,26-16-8-3-9-17-26)27-18-10-4-11-19-27/h2-4,6-11,14-19,24H,5,12-13,20-23H2,1H3. The minimum absolute atomic E-state index is 0.667. The maximum atomic E-state index is 2.70. The summed E-state index contributed by atoms with van der Waals surface area (Å²) < 4.78 is 0. The molecule has 29 heavy (non-hydrogen) atoms. The van der Waals surface area contributed by atoms with Gasteiger partial charge in [0.2, 0.25) is 0 Å². The van der Waals surface area contributed by atoms with Crippen molar-refractivity contribution in [2.24, 2.45) is 5.92 Å². The molecule has 3 aromatic rings. The van der Waals surface area contributed by atoms with Gasteiger partial charge < -0.3 is 4.90 Å². The molecule has 4 rings (SSSR count). The van der Waals surface area contributed by atoms with Crippen LogP contribution in [0.5, 0.6) is 0 Å². The SMILES string of the molecule is CC(CN1CCCCC1)C[Si](c1ccccc1)(c1ccccc1)c1ccccc1. The van der Waals surface area contributed by atoms with E-state index in [4.69, 9.17) is 0 Å². The first-order valence-corrected chi connectivity index (χ1v) is 13.4. The lowest BCUT2D eigenvalue weighted by Crippen LogP contribution is -2.67. The zero-order valence-corrected chi connectivity index (χ0v) is 18.6. The molecule has 0 bridgehead atoms. The van der Waals surface area contributed by atoms with Crippen molar-refractivity contribution in [3.63, 3.8) is 0 Å². The number of likely N-dealkylation sites (tertiary alicyclic amines) is 1. The van der Waals surface area contributed by atoms with Gasteiger partial charge >= 0.3 is 0 Å². The molecule has 3 aromatic carbocycles. The molecule has 1 nitrogen and oxygen atoms in total. The largest absolute Gasteiger partial charge is 0.303 e. The van der Waals surface area contributed by atoms with Crippen molar-refractivity contribution in [2.45, 2.75) is 32.2 Å². The summed E-state index contributed by atoms with van der Waals surface area (Å²) in [7, 11) is -2.10. The molecule has 0 spiro atoms. The van der Waals surface area contributed by atoms with Crippen LogP contribution in [0.1, 0.15) is 26.2 Å². The Kier molecular flexibility index (Phi) is 6.63. The second kappa shape index (κ2) is 9.56. The van der Waals surface area contributed by atoms with E-state index < -0.39 is 8.07 Å². The molecule has 0 amide bonds. The van der Waals surface area contributed by atoms with Crippen molar-refractivity contribution in [3.8, 4) is 0 Å². The summed E-state index contributed by atoms with van der Waals surface area (Å²) >= 11 is 0. The van der Waals surface area contributed by atoms with E-state index in [2.05, 4.69) is 103 Å². The maximum Gasteiger partial charge on any atom is 0.148 e. The number of rotatable bonds is 7. The molecule has 1 saturated heterocycles. The first-order chi connectivity index (χ1) is 14.3. The molecule has 1 atom stereocenters. The van der Waals surface area contributed by atoms with Crippen molar-refractivity contribution in [2.75, 3.05) is 19.6 Å². The van der Waals surface area contributed by atoms with E-state index in [9.17, 15) is 0 Å². The van der Waals surface area contributed by atoms with E-state index in [0.29, 0.717) is 5.92 Å². The lowest BCUT2D eigenvalue weighted by atomic mass is 10.1. The van der Waals surface area contributed by atoms with Crippen LogP contribution in [-0.2, 0) is 0 Å². The lowest BCUT2D eigenvalue weighted by Gasteiger charge is -2.38. The van der Waals surface area contributed by atoms with E-state index in [0.717, 1.165) is 0 Å². The molecule has 0 aliphatic carbocycles. The van der Waals surface area contributed by atoms with Crippen LogP contribution in [0, 0.1) is 5.92 Å². The molecule has 2 heteroatoms. The number of benzene rings is 3. The van der Waals surface area contributed by atoms with Gasteiger partial charge in [0.05, 0.1) is 0 Å². The predicted octanol–water partition coefficient (Wildman–Crippen LogP) is 4.28. The maximum absolute atomic E-state index is 2.70. The van der Waals surface area contributed by atoms with Crippen LogP contribution in [0.25, 0.3) is 0 Å². The molecule has 1 unspecified atom stereocenters. The average molecular weight is 400 g/mol. The molecule has 0 N–H and O–H groups in total. The Bertz CT molecular complexity index is 760. The van der Waals surface area contributed by atoms with E-state index in [1.807, 2.05) is 0 Å². The van der Waals surface area contributed by atoms with Crippen molar-refractivity contribution in [1.29, 1.82) is 0 Å². The summed E-state index contributed by atoms with van der Waals surface area (Å²) in [5.74, 6) is 0.667. The van der Waals surface area contributed by atoms with Crippen molar-refractivity contribution in [1.82, 2.24) is 4.90 Å².